The molecule has 0 fully saturated rings. The molecule has 114 valence electrons. The molecule has 6 heteroatoms. The molecule has 2 aromatic heterocycles. The third-order valence-corrected chi connectivity index (χ3v) is 3.86. The third kappa shape index (κ3) is 3.90. The fraction of sp³-hybridized carbons (Fsp3) is 0.467. The molecule has 0 aromatic carbocycles. The molecule has 0 amide bonds. The Labute approximate surface area is 133 Å². The molecule has 1 atom stereocenters. The van der Waals surface area contributed by atoms with Crippen LogP contribution in [0.1, 0.15) is 29.8 Å². The quantitative estimate of drug-likeness (QED) is 0.832. The van der Waals surface area contributed by atoms with Crippen LogP contribution in [-0.4, -0.2) is 35.0 Å². The zero-order valence-corrected chi connectivity index (χ0v) is 14.2. The van der Waals surface area contributed by atoms with E-state index in [4.69, 9.17) is 4.74 Å². The molecule has 0 radical (unpaired) electrons. The maximum Gasteiger partial charge on any atom is 0.0774 e. The Hall–Kier alpha value is -1.24. The summed E-state index contributed by atoms with van der Waals surface area (Å²) in [5, 5.41) is 7.95. The second-order valence-electron chi connectivity index (χ2n) is 4.88. The van der Waals surface area contributed by atoms with Crippen LogP contribution in [0.2, 0.25) is 0 Å². The van der Waals surface area contributed by atoms with Crippen LogP contribution in [0, 0.1) is 6.92 Å². The number of rotatable bonds is 7. The fourth-order valence-corrected chi connectivity index (χ4v) is 2.85. The van der Waals surface area contributed by atoms with E-state index in [1.54, 1.807) is 7.11 Å². The standard InChI is InChI=1S/C15H21BrN4O/c1-4-18-14(12-7-11(2)8-17-9-12)15-13(16)10-19-20(15)5-6-21-3/h7-10,14,18H,4-6H2,1-3H3. The maximum atomic E-state index is 5.17. The van der Waals surface area contributed by atoms with Crippen molar-refractivity contribution in [1.82, 2.24) is 20.1 Å². The summed E-state index contributed by atoms with van der Waals surface area (Å²) in [4.78, 5) is 4.31. The lowest BCUT2D eigenvalue weighted by atomic mass is 10.0. The van der Waals surface area contributed by atoms with Crippen molar-refractivity contribution in [3.63, 3.8) is 0 Å². The number of hydrogen-bond donors (Lipinski definition) is 1. The predicted molar refractivity (Wildman–Crippen MR) is 86.3 cm³/mol. The van der Waals surface area contributed by atoms with E-state index in [9.17, 15) is 0 Å². The third-order valence-electron chi connectivity index (χ3n) is 3.25. The van der Waals surface area contributed by atoms with Crippen LogP contribution >= 0.6 is 15.9 Å². The fourth-order valence-electron chi connectivity index (χ4n) is 2.33. The Bertz CT molecular complexity index is 585. The molecule has 0 aliphatic rings. The van der Waals surface area contributed by atoms with E-state index in [0.29, 0.717) is 6.61 Å². The van der Waals surface area contributed by atoms with Crippen molar-refractivity contribution >= 4 is 15.9 Å². The minimum absolute atomic E-state index is 0.0520. The number of methoxy groups -OCH3 is 1. The van der Waals surface area contributed by atoms with Gasteiger partial charge in [0.25, 0.3) is 0 Å². The Kier molecular flexibility index (Phi) is 5.90. The zero-order chi connectivity index (χ0) is 15.2. The predicted octanol–water partition coefficient (Wildman–Crippen LogP) is 2.69. The molecule has 0 saturated heterocycles. The van der Waals surface area contributed by atoms with Gasteiger partial charge in [0, 0.05) is 19.5 Å². The van der Waals surface area contributed by atoms with Crippen LogP contribution in [0.4, 0.5) is 0 Å². The SMILES string of the molecule is CCNC(c1cncc(C)c1)c1c(Br)cnn1CCOC. The highest BCUT2D eigenvalue weighted by atomic mass is 79.9. The molecule has 1 N–H and O–H groups in total. The largest absolute Gasteiger partial charge is 0.383 e. The lowest BCUT2D eigenvalue weighted by Crippen LogP contribution is -2.26. The summed E-state index contributed by atoms with van der Waals surface area (Å²) in [6.07, 6.45) is 5.60. The summed E-state index contributed by atoms with van der Waals surface area (Å²) < 4.78 is 8.13. The van der Waals surface area contributed by atoms with E-state index in [1.807, 2.05) is 23.3 Å². The van der Waals surface area contributed by atoms with Crippen LogP contribution in [0.15, 0.2) is 29.1 Å². The summed E-state index contributed by atoms with van der Waals surface area (Å²) >= 11 is 3.61. The minimum Gasteiger partial charge on any atom is -0.383 e. The van der Waals surface area contributed by atoms with Gasteiger partial charge in [0.1, 0.15) is 0 Å². The molecule has 2 rings (SSSR count). The highest BCUT2D eigenvalue weighted by Gasteiger charge is 2.21. The summed E-state index contributed by atoms with van der Waals surface area (Å²) in [6, 6.07) is 2.21. The average molecular weight is 353 g/mol. The van der Waals surface area contributed by atoms with Gasteiger partial charge in [-0.3, -0.25) is 9.67 Å². The van der Waals surface area contributed by atoms with Crippen LogP contribution in [0.25, 0.3) is 0 Å². The van der Waals surface area contributed by atoms with Crippen molar-refractivity contribution in [2.24, 2.45) is 0 Å². The molecule has 0 spiro atoms. The molecule has 0 aliphatic heterocycles. The summed E-state index contributed by atoms with van der Waals surface area (Å²) in [5.74, 6) is 0. The zero-order valence-electron chi connectivity index (χ0n) is 12.6. The first-order chi connectivity index (χ1) is 10.2. The molecule has 21 heavy (non-hydrogen) atoms. The van der Waals surface area contributed by atoms with Gasteiger partial charge in [-0.15, -0.1) is 0 Å². The highest BCUT2D eigenvalue weighted by molar-refractivity contribution is 9.10. The van der Waals surface area contributed by atoms with Gasteiger partial charge >= 0.3 is 0 Å². The Morgan fingerprint density at radius 2 is 2.19 bits per heavy atom. The lowest BCUT2D eigenvalue weighted by molar-refractivity contribution is 0.182. The monoisotopic (exact) mass is 352 g/mol. The Balaban J connectivity index is 2.40. The van der Waals surface area contributed by atoms with Crippen molar-refractivity contribution in [2.75, 3.05) is 20.3 Å². The van der Waals surface area contributed by atoms with Crippen LogP contribution < -0.4 is 5.32 Å². The first-order valence-electron chi connectivity index (χ1n) is 7.02. The van der Waals surface area contributed by atoms with E-state index in [1.165, 1.54) is 0 Å². The van der Waals surface area contributed by atoms with E-state index in [-0.39, 0.29) is 6.04 Å². The summed E-state index contributed by atoms with van der Waals surface area (Å²) in [5.41, 5.74) is 3.38. The molecule has 0 saturated carbocycles. The van der Waals surface area contributed by atoms with Gasteiger partial charge in [0.2, 0.25) is 0 Å². The smallest absolute Gasteiger partial charge is 0.0774 e. The number of nitrogens with one attached hydrogen (secondary N) is 1. The van der Waals surface area contributed by atoms with Crippen LogP contribution in [0.5, 0.6) is 0 Å². The Morgan fingerprint density at radius 3 is 2.86 bits per heavy atom. The van der Waals surface area contributed by atoms with Crippen molar-refractivity contribution in [2.45, 2.75) is 26.4 Å². The van der Waals surface area contributed by atoms with Gasteiger partial charge < -0.3 is 10.1 Å². The van der Waals surface area contributed by atoms with Gasteiger partial charge in [-0.25, -0.2) is 0 Å². The number of ether oxygens (including phenoxy) is 1. The second kappa shape index (κ2) is 7.68. The lowest BCUT2D eigenvalue weighted by Gasteiger charge is -2.20. The minimum atomic E-state index is 0.0520. The normalized spacial score (nSPS) is 12.6. The molecule has 2 heterocycles. The molecular weight excluding hydrogens is 332 g/mol. The van der Waals surface area contributed by atoms with E-state index in [0.717, 1.165) is 34.4 Å². The van der Waals surface area contributed by atoms with Gasteiger partial charge in [-0.05, 0) is 40.5 Å². The molecule has 2 aromatic rings. The number of halogens is 1. The summed E-state index contributed by atoms with van der Waals surface area (Å²) in [6.45, 7) is 6.36. The maximum absolute atomic E-state index is 5.17. The van der Waals surface area contributed by atoms with Crippen molar-refractivity contribution in [3.05, 3.63) is 46.0 Å². The van der Waals surface area contributed by atoms with Gasteiger partial charge in [0.15, 0.2) is 0 Å². The van der Waals surface area contributed by atoms with E-state index >= 15 is 0 Å². The molecule has 5 nitrogen and oxygen atoms in total. The van der Waals surface area contributed by atoms with Crippen molar-refractivity contribution < 1.29 is 4.74 Å². The average Bonchev–Trinajstić information content (AvgIpc) is 2.83. The van der Waals surface area contributed by atoms with E-state index in [2.05, 4.69) is 51.2 Å². The Morgan fingerprint density at radius 1 is 1.38 bits per heavy atom. The number of pyridine rings is 1. The highest BCUT2D eigenvalue weighted by Crippen LogP contribution is 2.28. The molecule has 0 bridgehead atoms. The van der Waals surface area contributed by atoms with E-state index < -0.39 is 0 Å². The summed E-state index contributed by atoms with van der Waals surface area (Å²) in [7, 11) is 1.70. The second-order valence-corrected chi connectivity index (χ2v) is 5.73. The van der Waals surface area contributed by atoms with Crippen LogP contribution in [-0.2, 0) is 11.3 Å². The van der Waals surface area contributed by atoms with Gasteiger partial charge in [0.05, 0.1) is 35.6 Å². The molecule has 0 aliphatic carbocycles. The topological polar surface area (TPSA) is 52.0 Å². The number of aryl methyl sites for hydroxylation is 1. The van der Waals surface area contributed by atoms with Crippen LogP contribution in [0.3, 0.4) is 0 Å². The van der Waals surface area contributed by atoms with Crippen molar-refractivity contribution in [3.8, 4) is 0 Å². The molecule has 1 unspecified atom stereocenters. The van der Waals surface area contributed by atoms with Gasteiger partial charge in [-0.1, -0.05) is 13.0 Å². The number of nitrogens with zero attached hydrogens (tertiary/aromatic N) is 3. The number of hydrogen-bond acceptors (Lipinski definition) is 4. The first kappa shape index (κ1) is 16.1. The molecular formula is C15H21BrN4O. The number of aromatic nitrogens is 3. The first-order valence-corrected chi connectivity index (χ1v) is 7.81. The van der Waals surface area contributed by atoms with Crippen molar-refractivity contribution in [1.29, 1.82) is 0 Å². The van der Waals surface area contributed by atoms with Gasteiger partial charge in [-0.2, -0.15) is 5.10 Å².